The van der Waals surface area contributed by atoms with Crippen LogP contribution in [0, 0.1) is 56.2 Å². The monoisotopic (exact) mass is 466 g/mol. The van der Waals surface area contributed by atoms with Crippen molar-refractivity contribution in [2.75, 3.05) is 0 Å². The Bertz CT molecular complexity index is 925. The first-order valence-corrected chi connectivity index (χ1v) is 14.3. The van der Waals surface area contributed by atoms with Crippen molar-refractivity contribution in [2.45, 2.75) is 120 Å². The van der Waals surface area contributed by atoms with Crippen LogP contribution in [-0.4, -0.2) is 12.1 Å². The van der Waals surface area contributed by atoms with Crippen molar-refractivity contribution >= 4 is 12.1 Å². The van der Waals surface area contributed by atoms with E-state index in [4.69, 9.17) is 0 Å². The number of fused-ring (bicyclic) bond motifs is 7. The lowest BCUT2D eigenvalue weighted by molar-refractivity contribution is -0.192. The highest BCUT2D eigenvalue weighted by atomic mass is 16.1. The molecular weight excluding hydrogens is 416 g/mol. The van der Waals surface area contributed by atoms with Crippen LogP contribution >= 0.6 is 0 Å². The van der Waals surface area contributed by atoms with Crippen LogP contribution in [0.5, 0.6) is 0 Å². The molecule has 4 fully saturated rings. The zero-order valence-corrected chi connectivity index (χ0v) is 23.4. The summed E-state index contributed by atoms with van der Waals surface area (Å²) in [6.07, 6.45) is 15.6. The molecule has 2 heteroatoms. The van der Waals surface area contributed by atoms with E-state index in [0.717, 1.165) is 19.3 Å². The first kappa shape index (κ1) is 24.8. The van der Waals surface area contributed by atoms with E-state index >= 15 is 0 Å². The Hall–Kier alpha value is -0.920. The Kier molecular flexibility index (Phi) is 5.33. The molecule has 5 aliphatic rings. The molecule has 8 atom stereocenters. The minimum atomic E-state index is -0.118. The third-order valence-corrected chi connectivity index (χ3v) is 13.5. The second kappa shape index (κ2) is 7.32. The Morgan fingerprint density at radius 2 is 1.56 bits per heavy atom. The van der Waals surface area contributed by atoms with Crippen molar-refractivity contribution in [1.82, 2.24) is 0 Å². The van der Waals surface area contributed by atoms with Crippen LogP contribution in [0.25, 0.3) is 0 Å². The van der Waals surface area contributed by atoms with Gasteiger partial charge in [0.1, 0.15) is 12.1 Å². The smallest absolute Gasteiger partial charge is 0.133 e. The van der Waals surface area contributed by atoms with Gasteiger partial charge in [-0.2, -0.15) is 0 Å². The number of carbonyl (C=O) groups is 2. The molecule has 34 heavy (non-hydrogen) atoms. The largest absolute Gasteiger partial charge is 0.303 e. The predicted molar refractivity (Wildman–Crippen MR) is 139 cm³/mol. The van der Waals surface area contributed by atoms with Crippen LogP contribution in [0.4, 0.5) is 0 Å². The fraction of sp³-hybridized carbons (Fsp3) is 0.875. The number of hydrogen-bond acceptors (Lipinski definition) is 2. The van der Waals surface area contributed by atoms with Crippen LogP contribution in [0.15, 0.2) is 11.6 Å². The molecule has 0 spiro atoms. The maximum Gasteiger partial charge on any atom is 0.133 e. The van der Waals surface area contributed by atoms with Crippen molar-refractivity contribution in [3.63, 3.8) is 0 Å². The fourth-order valence-electron chi connectivity index (χ4n) is 11.2. The third-order valence-electron chi connectivity index (χ3n) is 13.5. The second-order valence-corrected chi connectivity index (χ2v) is 15.6. The van der Waals surface area contributed by atoms with Gasteiger partial charge in [-0.3, -0.25) is 4.79 Å². The van der Waals surface area contributed by atoms with Gasteiger partial charge in [0.05, 0.1) is 0 Å². The lowest BCUT2D eigenvalue weighted by Gasteiger charge is -2.71. The van der Waals surface area contributed by atoms with E-state index in [9.17, 15) is 9.59 Å². The van der Waals surface area contributed by atoms with Crippen LogP contribution in [0.2, 0.25) is 0 Å². The topological polar surface area (TPSA) is 34.1 Å². The van der Waals surface area contributed by atoms with Crippen molar-refractivity contribution in [1.29, 1.82) is 0 Å². The highest BCUT2D eigenvalue weighted by Gasteiger charge is 2.68. The number of allylic oxidation sites excluding steroid dienone is 2. The molecule has 0 aromatic heterocycles. The summed E-state index contributed by atoms with van der Waals surface area (Å²) in [4.78, 5) is 25.2. The number of carbonyl (C=O) groups excluding carboxylic acids is 2. The van der Waals surface area contributed by atoms with Gasteiger partial charge in [-0.15, -0.1) is 0 Å². The molecule has 0 heterocycles. The number of Topliss-reactive ketones (excluding diaryl/α,β-unsaturated/α-hetero) is 1. The third kappa shape index (κ3) is 2.98. The van der Waals surface area contributed by atoms with Crippen LogP contribution in [0.3, 0.4) is 0 Å². The maximum atomic E-state index is 12.6. The van der Waals surface area contributed by atoms with E-state index in [1.807, 2.05) is 6.92 Å². The van der Waals surface area contributed by atoms with Gasteiger partial charge in [0, 0.05) is 11.3 Å². The molecule has 2 unspecified atom stereocenters. The number of rotatable bonds is 2. The summed E-state index contributed by atoms with van der Waals surface area (Å²) in [5, 5.41) is 0. The zero-order valence-electron chi connectivity index (χ0n) is 23.4. The van der Waals surface area contributed by atoms with E-state index in [0.29, 0.717) is 34.4 Å². The fourth-order valence-corrected chi connectivity index (χ4v) is 11.2. The van der Waals surface area contributed by atoms with Gasteiger partial charge in [0.15, 0.2) is 0 Å². The average Bonchev–Trinajstić information content (AvgIpc) is 2.73. The van der Waals surface area contributed by atoms with Gasteiger partial charge in [-0.25, -0.2) is 0 Å². The highest BCUT2D eigenvalue weighted by molar-refractivity contribution is 5.79. The van der Waals surface area contributed by atoms with E-state index < -0.39 is 0 Å². The van der Waals surface area contributed by atoms with E-state index in [-0.39, 0.29) is 27.6 Å². The first-order chi connectivity index (χ1) is 15.7. The predicted octanol–water partition coefficient (Wildman–Crippen LogP) is 8.19. The molecule has 0 saturated heterocycles. The van der Waals surface area contributed by atoms with Crippen molar-refractivity contribution < 1.29 is 9.59 Å². The quantitative estimate of drug-likeness (QED) is 0.303. The minimum Gasteiger partial charge on any atom is -0.303 e. The zero-order chi connectivity index (χ0) is 24.9. The Morgan fingerprint density at radius 3 is 2.21 bits per heavy atom. The van der Waals surface area contributed by atoms with Crippen LogP contribution < -0.4 is 0 Å². The molecule has 0 radical (unpaired) electrons. The van der Waals surface area contributed by atoms with Crippen LogP contribution in [-0.2, 0) is 9.59 Å². The summed E-state index contributed by atoms with van der Waals surface area (Å²) in [6.45, 7) is 19.3. The van der Waals surface area contributed by atoms with Crippen molar-refractivity contribution in [2.24, 2.45) is 56.2 Å². The van der Waals surface area contributed by atoms with E-state index in [1.165, 1.54) is 51.2 Å². The Labute approximate surface area is 209 Å². The molecule has 0 aromatic carbocycles. The lowest BCUT2D eigenvalue weighted by Crippen LogP contribution is -2.64. The molecule has 5 rings (SSSR count). The van der Waals surface area contributed by atoms with E-state index in [2.05, 4.69) is 54.5 Å². The normalized spacial score (nSPS) is 51.1. The summed E-state index contributed by atoms with van der Waals surface area (Å²) in [5.74, 6) is 2.33. The molecule has 0 amide bonds. The molecule has 190 valence electrons. The van der Waals surface area contributed by atoms with Gasteiger partial charge in [-0.05, 0) is 116 Å². The minimum absolute atomic E-state index is 0.0810. The summed E-state index contributed by atoms with van der Waals surface area (Å²) in [7, 11) is 0. The molecule has 0 aromatic rings. The standard InChI is InChI=1S/C32H50O2/c1-21(34)22-11-13-29(6)25(28(22,4)5)12-14-31(8)26(29)10-9-23-24-19-27(2,3)15-17-32(24,20-33)18-16-30(23,31)7/h9,20,22,24-26H,10-19H2,1-8H3/t22?,24-,25?,26+,29-,30+,31+,32+/m0/s1. The number of ketones is 1. The Morgan fingerprint density at radius 1 is 0.882 bits per heavy atom. The maximum absolute atomic E-state index is 12.6. The molecular formula is C32H50O2. The molecule has 5 aliphatic carbocycles. The van der Waals surface area contributed by atoms with Crippen LogP contribution in [0.1, 0.15) is 120 Å². The van der Waals surface area contributed by atoms with Gasteiger partial charge in [-0.1, -0.05) is 60.1 Å². The molecule has 0 aliphatic heterocycles. The average molecular weight is 467 g/mol. The molecule has 0 bridgehead atoms. The van der Waals surface area contributed by atoms with E-state index in [1.54, 1.807) is 5.57 Å². The first-order valence-electron chi connectivity index (χ1n) is 14.3. The van der Waals surface area contributed by atoms with Crippen molar-refractivity contribution in [3.8, 4) is 0 Å². The van der Waals surface area contributed by atoms with Crippen molar-refractivity contribution in [3.05, 3.63) is 11.6 Å². The summed E-state index contributed by atoms with van der Waals surface area (Å²) >= 11 is 0. The van der Waals surface area contributed by atoms with Gasteiger partial charge in [0.2, 0.25) is 0 Å². The summed E-state index contributed by atoms with van der Waals surface area (Å²) < 4.78 is 0. The Balaban J connectivity index is 1.57. The number of hydrogen-bond donors (Lipinski definition) is 0. The highest BCUT2D eigenvalue weighted by Crippen LogP contribution is 2.75. The summed E-state index contributed by atoms with van der Waals surface area (Å²) in [5.41, 5.74) is 2.71. The molecule has 0 N–H and O–H groups in total. The van der Waals surface area contributed by atoms with Gasteiger partial charge in [0.25, 0.3) is 0 Å². The number of aldehydes is 1. The SMILES string of the molecule is CC(=O)C1CC[C@@]2(C)C(CC[C@]3(C)[C@@H]2CC=C2[C@@H]4CC(C)(C)CC[C@]4(C=O)CC[C@]23C)C1(C)C. The second-order valence-electron chi connectivity index (χ2n) is 15.6. The summed E-state index contributed by atoms with van der Waals surface area (Å²) in [6, 6.07) is 0. The lowest BCUT2D eigenvalue weighted by atomic mass is 9.33. The molecule has 2 nitrogen and oxygen atoms in total. The van der Waals surface area contributed by atoms with Gasteiger partial charge < -0.3 is 4.79 Å². The molecule has 4 saturated carbocycles. The van der Waals surface area contributed by atoms with Gasteiger partial charge >= 0.3 is 0 Å².